The lowest BCUT2D eigenvalue weighted by Crippen LogP contribution is -2.47. The van der Waals surface area contributed by atoms with Gasteiger partial charge in [0.15, 0.2) is 17.2 Å². The highest BCUT2D eigenvalue weighted by Crippen LogP contribution is 2.53. The number of rotatable bonds is 9. The number of hydrogen-bond donors (Lipinski definition) is 3. The van der Waals surface area contributed by atoms with Gasteiger partial charge < -0.3 is 25.0 Å². The van der Waals surface area contributed by atoms with Crippen LogP contribution < -0.4 is 30.3 Å². The molecule has 3 fully saturated rings. The Morgan fingerprint density at radius 2 is 1.73 bits per heavy atom. The van der Waals surface area contributed by atoms with Crippen LogP contribution in [0, 0.1) is 5.41 Å². The maximum absolute atomic E-state index is 12.5. The van der Waals surface area contributed by atoms with Gasteiger partial charge >= 0.3 is 0 Å². The molecule has 3 aromatic heterocycles. The number of hydrogen-bond acceptors (Lipinski definition) is 10. The highest BCUT2D eigenvalue weighted by atomic mass is 35.5. The molecule has 288 valence electrons. The Kier molecular flexibility index (Phi) is 9.27. The minimum absolute atomic E-state index is 0.101. The van der Waals surface area contributed by atoms with Crippen LogP contribution in [0.3, 0.4) is 0 Å². The number of halogens is 1. The summed E-state index contributed by atoms with van der Waals surface area (Å²) in [6.07, 6.45) is 11.3. The van der Waals surface area contributed by atoms with Crippen LogP contribution in [-0.2, 0) is 16.0 Å². The molecule has 1 spiro atoms. The summed E-state index contributed by atoms with van der Waals surface area (Å²) >= 11 is 6.47. The molecule has 0 radical (unpaired) electrons. The summed E-state index contributed by atoms with van der Waals surface area (Å²) in [4.78, 5) is 48.1. The molecular formula is C42H43ClN8O5. The van der Waals surface area contributed by atoms with Crippen molar-refractivity contribution in [1.29, 1.82) is 0 Å². The van der Waals surface area contributed by atoms with Crippen LogP contribution in [0.1, 0.15) is 78.9 Å². The number of piperidine rings is 1. The van der Waals surface area contributed by atoms with E-state index in [4.69, 9.17) is 31.2 Å². The van der Waals surface area contributed by atoms with Crippen molar-refractivity contribution in [1.82, 2.24) is 30.2 Å². The first-order valence-electron chi connectivity index (χ1n) is 19.3. The minimum atomic E-state index is -0.449. The number of nitrogens with one attached hydrogen (secondary N) is 3. The lowest BCUT2D eigenvalue weighted by Gasteiger charge is -2.51. The second-order valence-corrected chi connectivity index (χ2v) is 15.8. The van der Waals surface area contributed by atoms with Crippen molar-refractivity contribution in [2.75, 3.05) is 30.9 Å². The molecule has 3 N–H and O–H groups in total. The summed E-state index contributed by atoms with van der Waals surface area (Å²) in [6.45, 7) is 0.738. The first-order chi connectivity index (χ1) is 27.2. The quantitative estimate of drug-likeness (QED) is 0.140. The number of imidazole rings is 1. The number of imide groups is 1. The van der Waals surface area contributed by atoms with Gasteiger partial charge in [-0.25, -0.2) is 9.50 Å². The van der Waals surface area contributed by atoms with Crippen molar-refractivity contribution >= 4 is 52.2 Å². The van der Waals surface area contributed by atoms with Crippen LogP contribution in [0.15, 0.2) is 67.0 Å². The van der Waals surface area contributed by atoms with E-state index in [1.54, 1.807) is 23.8 Å². The average molecular weight is 775 g/mol. The molecule has 2 aliphatic heterocycles. The molecule has 1 atom stereocenters. The third-order valence-electron chi connectivity index (χ3n) is 12.0. The van der Waals surface area contributed by atoms with Crippen molar-refractivity contribution < 1.29 is 23.9 Å². The molecule has 9 rings (SSSR count). The predicted molar refractivity (Wildman–Crippen MR) is 212 cm³/mol. The molecule has 0 bridgehead atoms. The fraction of sp³-hybridized carbons (Fsp3) is 0.381. The number of carbonyl (C=O) groups is 3. The molecule has 14 heteroatoms. The van der Waals surface area contributed by atoms with Crippen molar-refractivity contribution in [2.45, 2.75) is 75.9 Å². The Balaban J connectivity index is 0.812. The molecular weight excluding hydrogens is 732 g/mol. The first-order valence-corrected chi connectivity index (χ1v) is 19.7. The summed E-state index contributed by atoms with van der Waals surface area (Å²) in [5.74, 6) is 0.964. The monoisotopic (exact) mass is 774 g/mol. The zero-order chi connectivity index (χ0) is 38.6. The maximum atomic E-state index is 12.5. The molecule has 3 amide bonds. The summed E-state index contributed by atoms with van der Waals surface area (Å²) in [6, 6.07) is 17.8. The predicted octanol–water partition coefficient (Wildman–Crippen LogP) is 6.61. The van der Waals surface area contributed by atoms with Crippen molar-refractivity contribution in [3.8, 4) is 22.8 Å². The summed E-state index contributed by atoms with van der Waals surface area (Å²) < 4.78 is 14.4. The van der Waals surface area contributed by atoms with Gasteiger partial charge in [-0.1, -0.05) is 23.7 Å². The van der Waals surface area contributed by atoms with Crippen LogP contribution >= 0.6 is 11.6 Å². The molecule has 1 saturated heterocycles. The van der Waals surface area contributed by atoms with Crippen LogP contribution in [0.5, 0.6) is 11.5 Å². The number of fused-ring (bicyclic) bond motifs is 2. The van der Waals surface area contributed by atoms with E-state index >= 15 is 0 Å². The second-order valence-electron chi connectivity index (χ2n) is 15.4. The number of nitrogens with zero attached hydrogens (tertiary/aromatic N) is 5. The first kappa shape index (κ1) is 36.0. The van der Waals surface area contributed by atoms with Gasteiger partial charge in [0.2, 0.25) is 11.8 Å². The van der Waals surface area contributed by atoms with E-state index in [-0.39, 0.29) is 35.3 Å². The molecule has 56 heavy (non-hydrogen) atoms. The summed E-state index contributed by atoms with van der Waals surface area (Å²) in [7, 11) is 3.43. The molecule has 2 aliphatic carbocycles. The fourth-order valence-electron chi connectivity index (χ4n) is 9.03. The molecule has 2 saturated carbocycles. The van der Waals surface area contributed by atoms with Gasteiger partial charge in [-0.2, -0.15) is 0 Å². The highest BCUT2D eigenvalue weighted by molar-refractivity contribution is 6.31. The van der Waals surface area contributed by atoms with Crippen LogP contribution in [0.4, 0.5) is 17.2 Å². The van der Waals surface area contributed by atoms with Gasteiger partial charge in [0.25, 0.3) is 5.91 Å². The molecule has 5 aromatic rings. The van der Waals surface area contributed by atoms with E-state index in [0.717, 1.165) is 85.7 Å². The third-order valence-corrected chi connectivity index (χ3v) is 12.3. The van der Waals surface area contributed by atoms with E-state index in [0.29, 0.717) is 40.5 Å². The number of pyridine rings is 1. The lowest BCUT2D eigenvalue weighted by molar-refractivity contribution is -0.134. The zero-order valence-electron chi connectivity index (χ0n) is 31.3. The lowest BCUT2D eigenvalue weighted by atomic mass is 9.59. The number of ether oxygens (including phenoxy) is 2. The number of amides is 3. The molecule has 2 aromatic carbocycles. The van der Waals surface area contributed by atoms with Gasteiger partial charge in [-0.15, -0.1) is 5.10 Å². The Bertz CT molecular complexity index is 2350. The van der Waals surface area contributed by atoms with Crippen molar-refractivity contribution in [2.24, 2.45) is 5.41 Å². The summed E-state index contributed by atoms with van der Waals surface area (Å²) in [5.41, 5.74) is 6.95. The normalized spacial score (nSPS) is 23.1. The van der Waals surface area contributed by atoms with Crippen molar-refractivity contribution in [3.05, 3.63) is 88.8 Å². The van der Waals surface area contributed by atoms with Crippen molar-refractivity contribution in [3.63, 3.8) is 0 Å². The second kappa shape index (κ2) is 14.4. The van der Waals surface area contributed by atoms with Crippen LogP contribution in [0.25, 0.3) is 16.9 Å². The van der Waals surface area contributed by atoms with Gasteiger partial charge in [0.05, 0.1) is 41.9 Å². The van der Waals surface area contributed by atoms with E-state index < -0.39 is 5.92 Å². The fourth-order valence-corrected chi connectivity index (χ4v) is 9.28. The Morgan fingerprint density at radius 1 is 0.929 bits per heavy atom. The van der Waals surface area contributed by atoms with Crippen LogP contribution in [0.2, 0.25) is 5.02 Å². The smallest absolute Gasteiger partial charge is 0.271 e. The number of anilines is 3. The Morgan fingerprint density at radius 3 is 2.48 bits per heavy atom. The number of aromatic nitrogens is 4. The zero-order valence-corrected chi connectivity index (χ0v) is 32.1. The molecule has 13 nitrogen and oxygen atoms in total. The van der Waals surface area contributed by atoms with E-state index in [1.807, 2.05) is 49.6 Å². The maximum Gasteiger partial charge on any atom is 0.271 e. The largest absolute Gasteiger partial charge is 0.490 e. The Hall–Kier alpha value is -5.69. The third kappa shape index (κ3) is 6.57. The topological polar surface area (TPSA) is 152 Å². The number of carbonyl (C=O) groups excluding carboxylic acids is 3. The standard InChI is InChI=1S/C42H43ClN8O5/c1-44-34-19-37(49-51-36(41(54)45-2)23-47-39(34)51)50-17-14-29-28(4-3-5-35(29)50)33-10-7-26(22-46-33)56-27-20-42(21-27)15-12-24(13-16-42)55-25-6-9-32(43)31(18-25)30-8-11-38(52)48-40(30)53/h3-7,9-10,18-19,22-24,27,30,44H,8,11-17,20-21H2,1-2H3,(H,45,54)(H,48,52,53). The molecule has 1 unspecified atom stereocenters. The van der Waals surface area contributed by atoms with E-state index in [1.165, 1.54) is 5.56 Å². The molecule has 4 aliphatic rings. The highest BCUT2D eigenvalue weighted by Gasteiger charge is 2.47. The molecule has 5 heterocycles. The van der Waals surface area contributed by atoms with Gasteiger partial charge in [-0.05, 0) is 104 Å². The van der Waals surface area contributed by atoms with E-state index in [9.17, 15) is 14.4 Å². The van der Waals surface area contributed by atoms with Gasteiger partial charge in [0, 0.05) is 49.4 Å². The average Bonchev–Trinajstić information content (AvgIpc) is 3.84. The van der Waals surface area contributed by atoms with Gasteiger partial charge in [-0.3, -0.25) is 24.7 Å². The Labute approximate surface area is 329 Å². The van der Waals surface area contributed by atoms with Crippen LogP contribution in [-0.4, -0.2) is 70.2 Å². The SMILES string of the molecule is CNC(=O)c1cnc2c(NC)cc(N3CCc4c(-c5ccc(OC6CC7(CCC(Oc8ccc(Cl)c(C9CCC(=O)NC9=O)c8)CC7)C6)cn5)cccc43)nn12. The summed E-state index contributed by atoms with van der Waals surface area (Å²) in [5, 5.41) is 13.7. The van der Waals surface area contributed by atoms with Gasteiger partial charge in [0.1, 0.15) is 11.5 Å². The minimum Gasteiger partial charge on any atom is -0.490 e. The van der Waals surface area contributed by atoms with E-state index in [2.05, 4.69) is 38.0 Å². The number of benzene rings is 2.